The Hall–Kier alpha value is -3.00. The van der Waals surface area contributed by atoms with Crippen molar-refractivity contribution in [3.63, 3.8) is 0 Å². The van der Waals surface area contributed by atoms with E-state index in [4.69, 9.17) is 0 Å². The minimum absolute atomic E-state index is 0.113. The Morgan fingerprint density at radius 3 is 2.73 bits per heavy atom. The number of rotatable bonds is 3. The van der Waals surface area contributed by atoms with Gasteiger partial charge in [0, 0.05) is 10.2 Å². The Bertz CT molecular complexity index is 1210. The standard InChI is InChI=1S/C18H14BrN5O2/c1-11-8-12(6-7-13(11)19)21-16(25)9-23-14-4-2-3-5-15(14)24-10-20-22-17(24)18(23)26/h2-8,10H,9H2,1H3,(H,21,25). The van der Waals surface area contributed by atoms with Crippen LogP contribution in [0.25, 0.3) is 16.7 Å². The number of carbonyl (C=O) groups is 1. The van der Waals surface area contributed by atoms with Crippen molar-refractivity contribution < 1.29 is 4.79 Å². The highest BCUT2D eigenvalue weighted by Gasteiger charge is 2.14. The Labute approximate surface area is 156 Å². The van der Waals surface area contributed by atoms with Crippen molar-refractivity contribution in [1.29, 1.82) is 0 Å². The molecule has 26 heavy (non-hydrogen) atoms. The first-order chi connectivity index (χ1) is 12.5. The third kappa shape index (κ3) is 2.78. The SMILES string of the molecule is Cc1cc(NC(=O)Cn2c(=O)c3nncn3c3ccccc32)ccc1Br. The second-order valence-corrected chi connectivity index (χ2v) is 6.77. The molecule has 1 N–H and O–H groups in total. The van der Waals surface area contributed by atoms with Gasteiger partial charge in [0.25, 0.3) is 5.56 Å². The zero-order chi connectivity index (χ0) is 18.3. The van der Waals surface area contributed by atoms with Crippen LogP contribution in [-0.4, -0.2) is 25.1 Å². The third-order valence-corrected chi connectivity index (χ3v) is 5.05. The van der Waals surface area contributed by atoms with Gasteiger partial charge in [0.2, 0.25) is 11.6 Å². The van der Waals surface area contributed by atoms with Gasteiger partial charge in [-0.1, -0.05) is 28.1 Å². The van der Waals surface area contributed by atoms with Gasteiger partial charge in [0.1, 0.15) is 12.9 Å². The maximum Gasteiger partial charge on any atom is 0.297 e. The lowest BCUT2D eigenvalue weighted by Crippen LogP contribution is -2.29. The van der Waals surface area contributed by atoms with Crippen molar-refractivity contribution in [3.05, 3.63) is 69.2 Å². The zero-order valence-corrected chi connectivity index (χ0v) is 15.4. The smallest absolute Gasteiger partial charge is 0.297 e. The second-order valence-electron chi connectivity index (χ2n) is 5.92. The number of fused-ring (bicyclic) bond motifs is 3. The predicted molar refractivity (Wildman–Crippen MR) is 102 cm³/mol. The molecule has 0 saturated heterocycles. The van der Waals surface area contributed by atoms with Crippen LogP contribution in [0.1, 0.15) is 5.56 Å². The monoisotopic (exact) mass is 411 g/mol. The van der Waals surface area contributed by atoms with E-state index in [2.05, 4.69) is 31.4 Å². The number of nitrogens with zero attached hydrogens (tertiary/aromatic N) is 4. The van der Waals surface area contributed by atoms with Gasteiger partial charge in [-0.25, -0.2) is 0 Å². The molecule has 0 spiro atoms. The Balaban J connectivity index is 1.74. The molecule has 0 atom stereocenters. The fourth-order valence-corrected chi connectivity index (χ4v) is 3.15. The van der Waals surface area contributed by atoms with Crippen LogP contribution in [0, 0.1) is 6.92 Å². The Kier molecular flexibility index (Phi) is 4.04. The van der Waals surface area contributed by atoms with Crippen molar-refractivity contribution in [2.24, 2.45) is 0 Å². The molecule has 2 aromatic carbocycles. The largest absolute Gasteiger partial charge is 0.325 e. The number of hydrogen-bond donors (Lipinski definition) is 1. The van der Waals surface area contributed by atoms with E-state index in [1.807, 2.05) is 37.3 Å². The average Bonchev–Trinajstić information content (AvgIpc) is 3.12. The highest BCUT2D eigenvalue weighted by Crippen LogP contribution is 2.20. The van der Waals surface area contributed by atoms with Gasteiger partial charge in [-0.15, -0.1) is 10.2 Å². The van der Waals surface area contributed by atoms with E-state index in [9.17, 15) is 9.59 Å². The molecule has 1 amide bonds. The molecule has 0 bridgehead atoms. The summed E-state index contributed by atoms with van der Waals surface area (Å²) in [6.45, 7) is 1.83. The van der Waals surface area contributed by atoms with E-state index in [-0.39, 0.29) is 23.7 Å². The van der Waals surface area contributed by atoms with Crippen LogP contribution in [0.2, 0.25) is 0 Å². The molecule has 8 heteroatoms. The summed E-state index contributed by atoms with van der Waals surface area (Å²) in [6, 6.07) is 12.9. The molecule has 130 valence electrons. The molecule has 0 fully saturated rings. The number of hydrogen-bond acceptors (Lipinski definition) is 4. The van der Waals surface area contributed by atoms with E-state index in [1.165, 1.54) is 10.9 Å². The number of benzene rings is 2. The van der Waals surface area contributed by atoms with Crippen LogP contribution in [0.3, 0.4) is 0 Å². The summed E-state index contributed by atoms with van der Waals surface area (Å²) < 4.78 is 4.01. The third-order valence-electron chi connectivity index (χ3n) is 4.16. The summed E-state index contributed by atoms with van der Waals surface area (Å²) in [4.78, 5) is 25.3. The number of para-hydroxylation sites is 2. The number of amides is 1. The number of nitrogens with one attached hydrogen (secondary N) is 1. The van der Waals surface area contributed by atoms with Crippen LogP contribution >= 0.6 is 15.9 Å². The van der Waals surface area contributed by atoms with Crippen molar-refractivity contribution in [1.82, 2.24) is 19.2 Å². The van der Waals surface area contributed by atoms with Gasteiger partial charge in [0.05, 0.1) is 11.0 Å². The first-order valence-electron chi connectivity index (χ1n) is 7.92. The second kappa shape index (κ2) is 6.38. The van der Waals surface area contributed by atoms with Crippen molar-refractivity contribution >= 4 is 44.2 Å². The van der Waals surface area contributed by atoms with Gasteiger partial charge in [-0.3, -0.25) is 18.6 Å². The van der Waals surface area contributed by atoms with E-state index in [0.29, 0.717) is 11.2 Å². The van der Waals surface area contributed by atoms with E-state index < -0.39 is 0 Å². The molecule has 0 aliphatic rings. The summed E-state index contributed by atoms with van der Waals surface area (Å²) >= 11 is 3.43. The number of carbonyl (C=O) groups excluding carboxylic acids is 1. The van der Waals surface area contributed by atoms with Crippen molar-refractivity contribution in [3.8, 4) is 0 Å². The summed E-state index contributed by atoms with van der Waals surface area (Å²) in [5, 5.41) is 10.5. The molecule has 0 radical (unpaired) electrons. The van der Waals surface area contributed by atoms with Crippen LogP contribution in [-0.2, 0) is 11.3 Å². The summed E-state index contributed by atoms with van der Waals surface area (Å²) in [7, 11) is 0. The lowest BCUT2D eigenvalue weighted by Gasteiger charge is -2.12. The summed E-state index contributed by atoms with van der Waals surface area (Å²) in [5.74, 6) is -0.289. The zero-order valence-electron chi connectivity index (χ0n) is 13.8. The van der Waals surface area contributed by atoms with Gasteiger partial charge in [0.15, 0.2) is 0 Å². The lowest BCUT2D eigenvalue weighted by molar-refractivity contribution is -0.116. The Morgan fingerprint density at radius 2 is 1.96 bits per heavy atom. The molecule has 2 heterocycles. The van der Waals surface area contributed by atoms with Gasteiger partial charge < -0.3 is 5.32 Å². The fraction of sp³-hybridized carbons (Fsp3) is 0.111. The van der Waals surface area contributed by atoms with E-state index >= 15 is 0 Å². The molecule has 2 aromatic heterocycles. The lowest BCUT2D eigenvalue weighted by atomic mass is 10.2. The first kappa shape index (κ1) is 16.5. The highest BCUT2D eigenvalue weighted by molar-refractivity contribution is 9.10. The normalized spacial score (nSPS) is 11.2. The number of anilines is 1. The highest BCUT2D eigenvalue weighted by atomic mass is 79.9. The van der Waals surface area contributed by atoms with Crippen LogP contribution in [0.15, 0.2) is 58.1 Å². The molecule has 0 aliphatic heterocycles. The van der Waals surface area contributed by atoms with Gasteiger partial charge in [-0.05, 0) is 42.8 Å². The summed E-state index contributed by atoms with van der Waals surface area (Å²) in [5.41, 5.74) is 2.93. The van der Waals surface area contributed by atoms with Gasteiger partial charge in [-0.2, -0.15) is 0 Å². The Morgan fingerprint density at radius 1 is 1.19 bits per heavy atom. The van der Waals surface area contributed by atoms with Gasteiger partial charge >= 0.3 is 0 Å². The minimum Gasteiger partial charge on any atom is -0.325 e. The fourth-order valence-electron chi connectivity index (χ4n) is 2.91. The van der Waals surface area contributed by atoms with Crippen LogP contribution in [0.4, 0.5) is 5.69 Å². The molecule has 4 rings (SSSR count). The van der Waals surface area contributed by atoms with Crippen LogP contribution < -0.4 is 10.9 Å². The molecule has 0 unspecified atom stereocenters. The topological polar surface area (TPSA) is 81.3 Å². The molecular weight excluding hydrogens is 398 g/mol. The molecule has 7 nitrogen and oxygen atoms in total. The minimum atomic E-state index is -0.358. The van der Waals surface area contributed by atoms with Crippen molar-refractivity contribution in [2.45, 2.75) is 13.5 Å². The first-order valence-corrected chi connectivity index (χ1v) is 8.71. The quantitative estimate of drug-likeness (QED) is 0.561. The number of aromatic nitrogens is 4. The summed E-state index contributed by atoms with van der Waals surface area (Å²) in [6.07, 6.45) is 1.49. The number of aryl methyl sites for hydroxylation is 1. The number of halogens is 1. The maximum absolute atomic E-state index is 12.7. The average molecular weight is 412 g/mol. The van der Waals surface area contributed by atoms with E-state index in [0.717, 1.165) is 15.6 Å². The van der Waals surface area contributed by atoms with Crippen LogP contribution in [0.5, 0.6) is 0 Å². The molecule has 0 saturated carbocycles. The maximum atomic E-state index is 12.7. The van der Waals surface area contributed by atoms with E-state index in [1.54, 1.807) is 16.5 Å². The molecule has 4 aromatic rings. The molecule has 0 aliphatic carbocycles. The molecular formula is C18H14BrN5O2. The van der Waals surface area contributed by atoms with Crippen molar-refractivity contribution in [2.75, 3.05) is 5.32 Å². The predicted octanol–water partition coefficient (Wildman–Crippen LogP) is 2.75.